The Morgan fingerprint density at radius 3 is 2.52 bits per heavy atom. The van der Waals surface area contributed by atoms with Crippen LogP contribution in [-0.2, 0) is 24.0 Å². The van der Waals surface area contributed by atoms with E-state index in [-0.39, 0.29) is 49.1 Å². The number of benzene rings is 1. The molecule has 4 aliphatic rings. The van der Waals surface area contributed by atoms with Crippen LogP contribution < -0.4 is 4.74 Å². The zero-order chi connectivity index (χ0) is 30.6. The summed E-state index contributed by atoms with van der Waals surface area (Å²) in [5.41, 5.74) is 1.32. The number of aliphatic carboxylic acids is 1. The number of unbranched alkanes of at least 4 members (excludes halogenated alkanes) is 2. The minimum absolute atomic E-state index is 0.0213. The number of ether oxygens (including phenoxy) is 1. The molecule has 2 N–H and O–H groups in total. The molecule has 1 aromatic carbocycles. The monoisotopic (exact) mass is 618 g/mol. The van der Waals surface area contributed by atoms with Gasteiger partial charge in [-0.15, -0.1) is 23.2 Å². The van der Waals surface area contributed by atoms with Crippen molar-refractivity contribution in [1.82, 2.24) is 9.80 Å². The number of carbonyl (C=O) groups is 5. The van der Waals surface area contributed by atoms with Crippen LogP contribution in [0.1, 0.15) is 44.1 Å². The van der Waals surface area contributed by atoms with Gasteiger partial charge in [0.25, 0.3) is 11.8 Å². The number of fused-ring (bicyclic) bond motifs is 4. The molecule has 2 saturated heterocycles. The first kappa shape index (κ1) is 30.1. The van der Waals surface area contributed by atoms with Gasteiger partial charge in [0.05, 0.1) is 18.9 Å². The normalized spacial score (nSPS) is 32.2. The van der Waals surface area contributed by atoms with Gasteiger partial charge in [-0.05, 0) is 49.3 Å². The highest BCUT2D eigenvalue weighted by atomic mass is 35.5. The van der Waals surface area contributed by atoms with E-state index in [1.165, 1.54) is 25.1 Å². The van der Waals surface area contributed by atoms with Crippen LogP contribution in [0.2, 0.25) is 0 Å². The van der Waals surface area contributed by atoms with Gasteiger partial charge in [0.15, 0.2) is 21.2 Å². The number of likely N-dealkylation sites (tertiary alicyclic amines) is 2. The summed E-state index contributed by atoms with van der Waals surface area (Å²) in [5, 5.41) is 18.8. The average Bonchev–Trinajstić information content (AvgIpc) is 3.27. The van der Waals surface area contributed by atoms with Gasteiger partial charge >= 0.3 is 5.97 Å². The van der Waals surface area contributed by atoms with Gasteiger partial charge in [-0.25, -0.2) is 0 Å². The predicted octanol–water partition coefficient (Wildman–Crippen LogP) is 3.58. The zero-order valence-corrected chi connectivity index (χ0v) is 24.7. The maximum absolute atomic E-state index is 13.7. The van der Waals surface area contributed by atoms with Crippen molar-refractivity contribution in [2.24, 2.45) is 23.7 Å². The fourth-order valence-electron chi connectivity index (χ4n) is 7.01. The Morgan fingerprint density at radius 2 is 1.83 bits per heavy atom. The van der Waals surface area contributed by atoms with Crippen molar-refractivity contribution in [1.29, 1.82) is 0 Å². The number of methoxy groups -OCH3 is 1. The standard InChI is InChI=1S/C30H32Cl2N2O8/c1-33-27(40)29(31)15-19-17(9-10-18-24(19)26(39)34(25(18)38)13-5-3-4-6-23(36)37)20(30(29,32)28(33)41)11-7-16-8-12-21(35)22(14-16)42-2/h7-9,11-12,14,18-20,24,35H,3-6,10,13,15H2,1-2H3,(H,36,37)/t18-,19+,20-,24-,29+,30-/m0/s1. The summed E-state index contributed by atoms with van der Waals surface area (Å²) in [6.45, 7) is 0.184. The summed E-state index contributed by atoms with van der Waals surface area (Å²) in [5.74, 6) is -5.48. The van der Waals surface area contributed by atoms with Gasteiger partial charge in [-0.1, -0.05) is 36.3 Å². The van der Waals surface area contributed by atoms with Crippen LogP contribution in [0.15, 0.2) is 35.9 Å². The molecule has 2 aliphatic carbocycles. The van der Waals surface area contributed by atoms with Crippen molar-refractivity contribution in [2.45, 2.75) is 48.3 Å². The first-order chi connectivity index (χ1) is 19.9. The zero-order valence-electron chi connectivity index (χ0n) is 23.2. The molecule has 0 spiro atoms. The number of carboxylic acids is 1. The molecule has 10 nitrogen and oxygen atoms in total. The van der Waals surface area contributed by atoms with E-state index >= 15 is 0 Å². The van der Waals surface area contributed by atoms with Crippen LogP contribution in [0.25, 0.3) is 6.08 Å². The lowest BCUT2D eigenvalue weighted by atomic mass is 9.57. The number of carboxylic acid groups (broad SMARTS) is 1. The van der Waals surface area contributed by atoms with E-state index < -0.39 is 51.2 Å². The van der Waals surface area contributed by atoms with E-state index in [2.05, 4.69) is 0 Å². The molecular weight excluding hydrogens is 587 g/mol. The van der Waals surface area contributed by atoms with Crippen molar-refractivity contribution >= 4 is 58.9 Å². The second kappa shape index (κ2) is 11.0. The van der Waals surface area contributed by atoms with Crippen LogP contribution in [0.4, 0.5) is 0 Å². The van der Waals surface area contributed by atoms with Crippen molar-refractivity contribution in [3.63, 3.8) is 0 Å². The van der Waals surface area contributed by atoms with E-state index in [4.69, 9.17) is 33.0 Å². The molecule has 3 fully saturated rings. The van der Waals surface area contributed by atoms with E-state index in [0.29, 0.717) is 30.4 Å². The summed E-state index contributed by atoms with van der Waals surface area (Å²) in [4.78, 5) is 63.4. The van der Waals surface area contributed by atoms with Crippen molar-refractivity contribution in [3.8, 4) is 11.5 Å². The Bertz CT molecular complexity index is 1430. The molecule has 2 aliphatic heterocycles. The average molecular weight is 619 g/mol. The molecule has 4 amide bonds. The molecule has 2 heterocycles. The van der Waals surface area contributed by atoms with Gasteiger partial charge in [-0.3, -0.25) is 33.8 Å². The lowest BCUT2D eigenvalue weighted by molar-refractivity contribution is -0.141. The number of aromatic hydroxyl groups is 1. The molecule has 224 valence electrons. The Labute approximate surface area is 252 Å². The van der Waals surface area contributed by atoms with Crippen LogP contribution in [0.5, 0.6) is 11.5 Å². The second-order valence-corrected chi connectivity index (χ2v) is 12.6. The first-order valence-electron chi connectivity index (χ1n) is 13.9. The molecule has 6 atom stereocenters. The van der Waals surface area contributed by atoms with Gasteiger partial charge in [0.2, 0.25) is 11.8 Å². The third-order valence-electron chi connectivity index (χ3n) is 9.12. The fraction of sp³-hybridized carbons (Fsp3) is 0.500. The van der Waals surface area contributed by atoms with E-state index in [1.807, 2.05) is 6.08 Å². The summed E-state index contributed by atoms with van der Waals surface area (Å²) in [6.07, 6.45) is 6.96. The van der Waals surface area contributed by atoms with Gasteiger partial charge in [0, 0.05) is 25.9 Å². The number of hydrogen-bond acceptors (Lipinski definition) is 7. The molecule has 1 saturated carbocycles. The number of allylic oxidation sites excluding steroid dienone is 3. The highest BCUT2D eigenvalue weighted by Crippen LogP contribution is 2.63. The summed E-state index contributed by atoms with van der Waals surface area (Å²) >= 11 is 14.2. The summed E-state index contributed by atoms with van der Waals surface area (Å²) in [6, 6.07) is 4.72. The smallest absolute Gasteiger partial charge is 0.303 e. The van der Waals surface area contributed by atoms with Crippen molar-refractivity contribution in [2.75, 3.05) is 20.7 Å². The van der Waals surface area contributed by atoms with Crippen LogP contribution in [-0.4, -0.2) is 80.1 Å². The number of phenolic OH excluding ortho intramolecular Hbond substituents is 1. The number of amides is 4. The molecule has 0 unspecified atom stereocenters. The summed E-state index contributed by atoms with van der Waals surface area (Å²) in [7, 11) is 2.76. The highest BCUT2D eigenvalue weighted by molar-refractivity contribution is 6.53. The minimum atomic E-state index is -1.86. The number of nitrogens with zero attached hydrogens (tertiary/aromatic N) is 2. The molecule has 12 heteroatoms. The largest absolute Gasteiger partial charge is 0.504 e. The third-order valence-corrected chi connectivity index (χ3v) is 10.5. The number of rotatable bonds is 9. The topological polar surface area (TPSA) is 142 Å². The lowest BCUT2D eigenvalue weighted by Crippen LogP contribution is -2.60. The summed E-state index contributed by atoms with van der Waals surface area (Å²) < 4.78 is 5.20. The van der Waals surface area contributed by atoms with E-state index in [0.717, 1.165) is 4.90 Å². The van der Waals surface area contributed by atoms with Crippen molar-refractivity contribution in [3.05, 3.63) is 41.5 Å². The highest BCUT2D eigenvalue weighted by Gasteiger charge is 2.75. The molecular formula is C30H32Cl2N2O8. The van der Waals surface area contributed by atoms with E-state index in [9.17, 15) is 29.1 Å². The molecule has 0 radical (unpaired) electrons. The molecule has 1 aromatic rings. The van der Waals surface area contributed by atoms with E-state index in [1.54, 1.807) is 24.3 Å². The number of phenols is 1. The third kappa shape index (κ3) is 4.50. The number of halogens is 2. The molecule has 42 heavy (non-hydrogen) atoms. The Hall–Kier alpha value is -3.37. The number of hydrogen-bond donors (Lipinski definition) is 2. The Balaban J connectivity index is 1.49. The maximum Gasteiger partial charge on any atom is 0.303 e. The lowest BCUT2D eigenvalue weighted by Gasteiger charge is -2.49. The van der Waals surface area contributed by atoms with Crippen molar-refractivity contribution < 1.29 is 38.9 Å². The SMILES string of the molecule is COc1cc(C=C[C@H]2C3=CC[C@@H]4C(=O)N(CCCCCC(=O)O)C(=O)[C@@H]4[C@@H]3C[C@@]3(Cl)C(=O)N(C)C(=O)[C@@]23Cl)ccc1O. The van der Waals surface area contributed by atoms with Crippen LogP contribution in [0.3, 0.4) is 0 Å². The fourth-order valence-corrected chi connectivity index (χ4v) is 7.98. The maximum atomic E-state index is 13.7. The number of carbonyl (C=O) groups excluding carboxylic acids is 4. The Morgan fingerprint density at radius 1 is 1.10 bits per heavy atom. The number of alkyl halides is 2. The molecule has 0 bridgehead atoms. The second-order valence-electron chi connectivity index (χ2n) is 11.4. The first-order valence-corrected chi connectivity index (χ1v) is 14.6. The van der Waals surface area contributed by atoms with Crippen LogP contribution >= 0.6 is 23.2 Å². The van der Waals surface area contributed by atoms with Gasteiger partial charge in [0.1, 0.15) is 0 Å². The predicted molar refractivity (Wildman–Crippen MR) is 153 cm³/mol. The molecule has 0 aromatic heterocycles. The van der Waals surface area contributed by atoms with Crippen LogP contribution in [0, 0.1) is 23.7 Å². The van der Waals surface area contributed by atoms with Gasteiger partial charge < -0.3 is 14.9 Å². The quantitative estimate of drug-likeness (QED) is 0.185. The minimum Gasteiger partial charge on any atom is -0.504 e. The Kier molecular flexibility index (Phi) is 7.91. The van der Waals surface area contributed by atoms with Gasteiger partial charge in [-0.2, -0.15) is 0 Å². The molecule has 5 rings (SSSR count). The number of imide groups is 2.